The van der Waals surface area contributed by atoms with Crippen LogP contribution in [-0.4, -0.2) is 17.1 Å². The number of nitrogens with two attached hydrogens (primary N) is 1. The van der Waals surface area contributed by atoms with Crippen LogP contribution in [0.4, 0.5) is 5.82 Å². The zero-order valence-electron chi connectivity index (χ0n) is 11.0. The monoisotopic (exact) mass is 305 g/mol. The number of halogens is 1. The predicted octanol–water partition coefficient (Wildman–Crippen LogP) is 3.91. The molecule has 3 aromatic rings. The summed E-state index contributed by atoms with van der Waals surface area (Å²) in [4.78, 5) is 10.2. The number of benzene rings is 1. The van der Waals surface area contributed by atoms with Gasteiger partial charge in [-0.15, -0.1) is 11.3 Å². The standard InChI is InChI=1S/C14H12ClN3OS/c1-7-10(8-3-5-9(19-2)6-4-8)11-12(16)17-14(15)18-13(11)20-7/h3-6H,1-2H3,(H2,16,17,18). The van der Waals surface area contributed by atoms with E-state index in [1.54, 1.807) is 18.4 Å². The molecule has 0 fully saturated rings. The number of nitrogens with zero attached hydrogens (tertiary/aromatic N) is 2. The van der Waals surface area contributed by atoms with Crippen molar-refractivity contribution in [3.05, 3.63) is 34.4 Å². The number of thiophene rings is 1. The zero-order chi connectivity index (χ0) is 14.3. The maximum atomic E-state index is 6.01. The number of ether oxygens (including phenoxy) is 1. The maximum Gasteiger partial charge on any atom is 0.225 e. The Morgan fingerprint density at radius 1 is 1.20 bits per heavy atom. The Hall–Kier alpha value is -1.85. The summed E-state index contributed by atoms with van der Waals surface area (Å²) in [5.41, 5.74) is 8.13. The van der Waals surface area contributed by atoms with Crippen LogP contribution >= 0.6 is 22.9 Å². The summed E-state index contributed by atoms with van der Waals surface area (Å²) < 4.78 is 5.18. The fourth-order valence-electron chi connectivity index (χ4n) is 2.22. The molecule has 0 saturated carbocycles. The molecule has 2 aromatic heterocycles. The number of hydrogen-bond donors (Lipinski definition) is 1. The normalized spacial score (nSPS) is 10.9. The number of hydrogen-bond acceptors (Lipinski definition) is 5. The Labute approximate surface area is 125 Å². The molecule has 2 N–H and O–H groups in total. The molecule has 0 aliphatic carbocycles. The highest BCUT2D eigenvalue weighted by atomic mass is 35.5. The van der Waals surface area contributed by atoms with E-state index < -0.39 is 0 Å². The van der Waals surface area contributed by atoms with Crippen molar-refractivity contribution < 1.29 is 4.74 Å². The van der Waals surface area contributed by atoms with Gasteiger partial charge >= 0.3 is 0 Å². The first kappa shape index (κ1) is 13.1. The van der Waals surface area contributed by atoms with Crippen LogP contribution in [0.25, 0.3) is 21.3 Å². The third-order valence-corrected chi connectivity index (χ3v) is 4.28. The smallest absolute Gasteiger partial charge is 0.225 e. The molecule has 1 aromatic carbocycles. The number of aromatic nitrogens is 2. The minimum atomic E-state index is 0.178. The molecule has 4 nitrogen and oxygen atoms in total. The fraction of sp³-hybridized carbons (Fsp3) is 0.143. The van der Waals surface area contributed by atoms with Gasteiger partial charge in [0.2, 0.25) is 5.28 Å². The van der Waals surface area contributed by atoms with Gasteiger partial charge in [0.05, 0.1) is 12.5 Å². The third kappa shape index (κ3) is 2.09. The highest BCUT2D eigenvalue weighted by molar-refractivity contribution is 7.19. The maximum absolute atomic E-state index is 6.01. The first-order valence-electron chi connectivity index (χ1n) is 5.96. The lowest BCUT2D eigenvalue weighted by Crippen LogP contribution is -1.94. The molecule has 0 saturated heterocycles. The van der Waals surface area contributed by atoms with Gasteiger partial charge in [0, 0.05) is 10.4 Å². The molecule has 2 heterocycles. The summed E-state index contributed by atoms with van der Waals surface area (Å²) in [7, 11) is 1.65. The van der Waals surface area contributed by atoms with E-state index in [-0.39, 0.29) is 5.28 Å². The molecule has 102 valence electrons. The first-order chi connectivity index (χ1) is 9.60. The Kier molecular flexibility index (Phi) is 3.23. The van der Waals surface area contributed by atoms with Crippen molar-refractivity contribution in [2.45, 2.75) is 6.92 Å². The van der Waals surface area contributed by atoms with E-state index in [1.165, 1.54) is 0 Å². The van der Waals surface area contributed by atoms with Gasteiger partial charge in [0.15, 0.2) is 0 Å². The number of nitrogen functional groups attached to an aromatic ring is 1. The Morgan fingerprint density at radius 2 is 1.90 bits per heavy atom. The second-order valence-corrected chi connectivity index (χ2v) is 5.86. The molecule has 0 spiro atoms. The molecule has 0 radical (unpaired) electrons. The van der Waals surface area contributed by atoms with Gasteiger partial charge in [-0.3, -0.25) is 0 Å². The van der Waals surface area contributed by atoms with Crippen molar-refractivity contribution in [3.8, 4) is 16.9 Å². The summed E-state index contributed by atoms with van der Waals surface area (Å²) in [6, 6.07) is 7.85. The number of aryl methyl sites for hydroxylation is 1. The largest absolute Gasteiger partial charge is 0.497 e. The van der Waals surface area contributed by atoms with E-state index in [4.69, 9.17) is 22.1 Å². The van der Waals surface area contributed by atoms with Crippen LogP contribution in [0.1, 0.15) is 4.88 Å². The molecule has 0 amide bonds. The topological polar surface area (TPSA) is 61.0 Å². The van der Waals surface area contributed by atoms with E-state index in [1.807, 2.05) is 31.2 Å². The predicted molar refractivity (Wildman–Crippen MR) is 83.6 cm³/mol. The van der Waals surface area contributed by atoms with Gasteiger partial charge in [0.25, 0.3) is 0 Å². The van der Waals surface area contributed by atoms with Crippen molar-refractivity contribution in [1.29, 1.82) is 0 Å². The number of rotatable bonds is 2. The quantitative estimate of drug-likeness (QED) is 0.729. The van der Waals surface area contributed by atoms with Gasteiger partial charge in [0.1, 0.15) is 16.4 Å². The Bertz CT molecular complexity index is 783. The van der Waals surface area contributed by atoms with E-state index in [2.05, 4.69) is 9.97 Å². The van der Waals surface area contributed by atoms with Crippen LogP contribution in [0.15, 0.2) is 24.3 Å². The second-order valence-electron chi connectivity index (χ2n) is 4.32. The molecule has 6 heteroatoms. The summed E-state index contributed by atoms with van der Waals surface area (Å²) in [5, 5.41) is 1.04. The summed E-state index contributed by atoms with van der Waals surface area (Å²) >= 11 is 7.42. The van der Waals surface area contributed by atoms with Crippen LogP contribution in [0, 0.1) is 6.92 Å². The van der Waals surface area contributed by atoms with Crippen LogP contribution < -0.4 is 10.5 Å². The van der Waals surface area contributed by atoms with Crippen molar-refractivity contribution in [2.24, 2.45) is 0 Å². The van der Waals surface area contributed by atoms with Gasteiger partial charge in [-0.2, -0.15) is 0 Å². The van der Waals surface area contributed by atoms with E-state index >= 15 is 0 Å². The van der Waals surface area contributed by atoms with Gasteiger partial charge in [-0.05, 0) is 36.2 Å². The van der Waals surface area contributed by atoms with Crippen LogP contribution in [0.5, 0.6) is 5.75 Å². The van der Waals surface area contributed by atoms with E-state index in [0.717, 1.165) is 32.0 Å². The molecule has 0 atom stereocenters. The van der Waals surface area contributed by atoms with Gasteiger partial charge in [-0.25, -0.2) is 9.97 Å². The first-order valence-corrected chi connectivity index (χ1v) is 7.16. The van der Waals surface area contributed by atoms with Crippen molar-refractivity contribution in [1.82, 2.24) is 9.97 Å². The molecular weight excluding hydrogens is 294 g/mol. The minimum absolute atomic E-state index is 0.178. The average Bonchev–Trinajstić information content (AvgIpc) is 2.75. The van der Waals surface area contributed by atoms with Gasteiger partial charge < -0.3 is 10.5 Å². The lowest BCUT2D eigenvalue weighted by atomic mass is 10.0. The third-order valence-electron chi connectivity index (χ3n) is 3.11. The molecule has 0 bridgehead atoms. The van der Waals surface area contributed by atoms with Crippen LogP contribution in [0.3, 0.4) is 0 Å². The summed E-state index contributed by atoms with van der Waals surface area (Å²) in [6.07, 6.45) is 0. The molecule has 20 heavy (non-hydrogen) atoms. The highest BCUT2D eigenvalue weighted by Gasteiger charge is 2.16. The van der Waals surface area contributed by atoms with Crippen molar-refractivity contribution in [2.75, 3.05) is 12.8 Å². The second kappa shape index (κ2) is 4.92. The minimum Gasteiger partial charge on any atom is -0.497 e. The van der Waals surface area contributed by atoms with E-state index in [9.17, 15) is 0 Å². The number of methoxy groups -OCH3 is 1. The molecule has 0 unspecified atom stereocenters. The summed E-state index contributed by atoms with van der Waals surface area (Å²) in [5.74, 6) is 1.23. The summed E-state index contributed by atoms with van der Waals surface area (Å²) in [6.45, 7) is 2.04. The molecule has 0 aliphatic rings. The zero-order valence-corrected chi connectivity index (χ0v) is 12.5. The SMILES string of the molecule is COc1ccc(-c2c(C)sc3nc(Cl)nc(N)c23)cc1. The lowest BCUT2D eigenvalue weighted by molar-refractivity contribution is 0.415. The van der Waals surface area contributed by atoms with Crippen LogP contribution in [-0.2, 0) is 0 Å². The van der Waals surface area contributed by atoms with E-state index in [0.29, 0.717) is 5.82 Å². The van der Waals surface area contributed by atoms with Gasteiger partial charge in [-0.1, -0.05) is 12.1 Å². The highest BCUT2D eigenvalue weighted by Crippen LogP contribution is 2.40. The fourth-order valence-corrected chi connectivity index (χ4v) is 3.49. The van der Waals surface area contributed by atoms with Crippen molar-refractivity contribution in [3.63, 3.8) is 0 Å². The van der Waals surface area contributed by atoms with Crippen molar-refractivity contribution >= 4 is 39.0 Å². The molecule has 0 aliphatic heterocycles. The molecular formula is C14H12ClN3OS. The lowest BCUT2D eigenvalue weighted by Gasteiger charge is -2.05. The molecule has 3 rings (SSSR count). The Balaban J connectivity index is 2.26. The van der Waals surface area contributed by atoms with Crippen LogP contribution in [0.2, 0.25) is 5.28 Å². The average molecular weight is 306 g/mol. The number of anilines is 1. The Morgan fingerprint density at radius 3 is 2.55 bits per heavy atom. The number of fused-ring (bicyclic) bond motifs is 1.